The molecule has 8 heteroatoms. The van der Waals surface area contributed by atoms with Crippen LogP contribution in [0.4, 0.5) is 0 Å². The Morgan fingerprint density at radius 3 is 2.56 bits per heavy atom. The lowest BCUT2D eigenvalue weighted by Gasteiger charge is -2.31. The van der Waals surface area contributed by atoms with E-state index < -0.39 is 20.9 Å². The summed E-state index contributed by atoms with van der Waals surface area (Å²) >= 11 is 0. The molecule has 0 saturated carbocycles. The summed E-state index contributed by atoms with van der Waals surface area (Å²) in [5.74, 6) is -0.879. The van der Waals surface area contributed by atoms with Crippen LogP contribution in [0.5, 0.6) is 0 Å². The Hall–Kier alpha value is -1.85. The van der Waals surface area contributed by atoms with Gasteiger partial charge in [0.15, 0.2) is 0 Å². The Balaban J connectivity index is 3.51. The van der Waals surface area contributed by atoms with E-state index >= 15 is 0 Å². The van der Waals surface area contributed by atoms with Crippen molar-refractivity contribution in [3.63, 3.8) is 0 Å². The quantitative estimate of drug-likeness (QED) is 0.418. The minimum absolute atomic E-state index is 0.132. The van der Waals surface area contributed by atoms with Gasteiger partial charge in [-0.05, 0) is 12.2 Å². The van der Waals surface area contributed by atoms with Crippen molar-refractivity contribution in [2.75, 3.05) is 7.11 Å². The molecule has 18 heavy (non-hydrogen) atoms. The Kier molecular flexibility index (Phi) is 4.11. The minimum Gasteiger partial charge on any atom is -0.271 e. The molecule has 0 N–H and O–H groups in total. The molecule has 0 amide bonds. The SMILES string of the molecule is COS(=O)(=O)C1(N=C=O)C=CC=C(N=C=O)C1C. The van der Waals surface area contributed by atoms with Crippen molar-refractivity contribution in [2.45, 2.75) is 11.8 Å². The highest BCUT2D eigenvalue weighted by atomic mass is 32.2. The van der Waals surface area contributed by atoms with E-state index in [0.29, 0.717) is 0 Å². The first kappa shape index (κ1) is 14.2. The molecule has 0 fully saturated rings. The number of carbonyl (C=O) groups excluding carboxylic acids is 2. The molecule has 0 aromatic heterocycles. The fourth-order valence-corrected chi connectivity index (χ4v) is 2.88. The third-order valence-electron chi connectivity index (χ3n) is 2.68. The van der Waals surface area contributed by atoms with Gasteiger partial charge in [0.1, 0.15) is 0 Å². The normalized spacial score (nSPS) is 26.8. The highest BCUT2D eigenvalue weighted by molar-refractivity contribution is 7.88. The van der Waals surface area contributed by atoms with E-state index in [0.717, 1.165) is 7.11 Å². The molecule has 96 valence electrons. The predicted molar refractivity (Wildman–Crippen MR) is 61.3 cm³/mol. The van der Waals surface area contributed by atoms with E-state index in [9.17, 15) is 18.0 Å². The van der Waals surface area contributed by atoms with E-state index in [4.69, 9.17) is 0 Å². The largest absolute Gasteiger partial charge is 0.298 e. The molecule has 0 radical (unpaired) electrons. The lowest BCUT2D eigenvalue weighted by molar-refractivity contribution is 0.355. The van der Waals surface area contributed by atoms with Crippen LogP contribution in [0.25, 0.3) is 0 Å². The minimum atomic E-state index is -4.19. The standard InChI is InChI=1S/C10H10N2O5S/c1-8-9(11-6-13)4-3-5-10(8,12-7-14)18(15,16)17-2/h3-5,8H,1-2H3. The summed E-state index contributed by atoms with van der Waals surface area (Å²) in [6.45, 7) is 1.45. The Labute approximate surface area is 104 Å². The number of rotatable bonds is 4. The van der Waals surface area contributed by atoms with Crippen molar-refractivity contribution in [3.8, 4) is 0 Å². The number of aliphatic imine (C=N–C) groups is 2. The Morgan fingerprint density at radius 2 is 2.06 bits per heavy atom. The number of nitrogens with zero attached hydrogens (tertiary/aromatic N) is 2. The lowest BCUT2D eigenvalue weighted by atomic mass is 9.93. The van der Waals surface area contributed by atoms with Gasteiger partial charge >= 0.3 is 0 Å². The second-order valence-electron chi connectivity index (χ2n) is 3.45. The van der Waals surface area contributed by atoms with Gasteiger partial charge in [0.05, 0.1) is 12.8 Å². The van der Waals surface area contributed by atoms with Gasteiger partial charge in [-0.3, -0.25) is 4.18 Å². The summed E-state index contributed by atoms with van der Waals surface area (Å²) in [6, 6.07) is 0. The van der Waals surface area contributed by atoms with Crippen LogP contribution in [0.1, 0.15) is 6.92 Å². The molecule has 0 heterocycles. The average molecular weight is 270 g/mol. The topological polar surface area (TPSA) is 102 Å². The maximum absolute atomic E-state index is 11.9. The molecule has 1 rings (SSSR count). The first-order chi connectivity index (χ1) is 8.45. The molecule has 0 aromatic rings. The van der Waals surface area contributed by atoms with E-state index in [1.54, 1.807) is 0 Å². The van der Waals surface area contributed by atoms with Gasteiger partial charge in [-0.15, -0.1) is 0 Å². The van der Waals surface area contributed by atoms with Crippen LogP contribution in [0.3, 0.4) is 0 Å². The van der Waals surface area contributed by atoms with Crippen LogP contribution in [0.2, 0.25) is 0 Å². The van der Waals surface area contributed by atoms with E-state index in [-0.39, 0.29) is 5.70 Å². The number of hydrogen-bond acceptors (Lipinski definition) is 7. The number of isocyanates is 2. The van der Waals surface area contributed by atoms with Gasteiger partial charge in [-0.1, -0.05) is 13.0 Å². The maximum atomic E-state index is 11.9. The van der Waals surface area contributed by atoms with Gasteiger partial charge in [-0.2, -0.15) is 18.4 Å². The summed E-state index contributed by atoms with van der Waals surface area (Å²) in [5.41, 5.74) is 0.132. The van der Waals surface area contributed by atoms with Crippen molar-refractivity contribution < 1.29 is 22.2 Å². The van der Waals surface area contributed by atoms with Crippen molar-refractivity contribution in [1.82, 2.24) is 0 Å². The summed E-state index contributed by atoms with van der Waals surface area (Å²) in [5, 5.41) is 0. The van der Waals surface area contributed by atoms with Crippen LogP contribution >= 0.6 is 0 Å². The van der Waals surface area contributed by atoms with Crippen LogP contribution in [-0.2, 0) is 23.9 Å². The first-order valence-corrected chi connectivity index (χ1v) is 6.22. The summed E-state index contributed by atoms with van der Waals surface area (Å²) in [4.78, 5) is 25.5. The fraction of sp³-hybridized carbons (Fsp3) is 0.400. The Bertz CT molecular complexity index is 594. The Morgan fingerprint density at radius 1 is 1.39 bits per heavy atom. The molecule has 0 aromatic carbocycles. The monoisotopic (exact) mass is 270 g/mol. The van der Waals surface area contributed by atoms with Crippen LogP contribution in [0, 0.1) is 5.92 Å². The third kappa shape index (κ3) is 2.10. The molecule has 0 aliphatic heterocycles. The zero-order valence-electron chi connectivity index (χ0n) is 9.65. The van der Waals surface area contributed by atoms with E-state index in [1.165, 1.54) is 37.3 Å². The molecule has 2 unspecified atom stereocenters. The second-order valence-corrected chi connectivity index (χ2v) is 5.35. The highest BCUT2D eigenvalue weighted by Crippen LogP contribution is 2.38. The van der Waals surface area contributed by atoms with Crippen molar-refractivity contribution in [1.29, 1.82) is 0 Å². The molecule has 1 aliphatic carbocycles. The van der Waals surface area contributed by atoms with Gasteiger partial charge in [0.25, 0.3) is 10.1 Å². The molecular weight excluding hydrogens is 260 g/mol. The molecule has 1 aliphatic rings. The number of hydrogen-bond donors (Lipinski definition) is 0. The molecule has 0 spiro atoms. The molecular formula is C10H10N2O5S. The zero-order valence-corrected chi connectivity index (χ0v) is 10.5. The third-order valence-corrected chi connectivity index (χ3v) is 4.50. The molecule has 7 nitrogen and oxygen atoms in total. The van der Waals surface area contributed by atoms with E-state index in [2.05, 4.69) is 14.2 Å². The first-order valence-electron chi connectivity index (χ1n) is 4.81. The van der Waals surface area contributed by atoms with Crippen molar-refractivity contribution >= 4 is 22.3 Å². The maximum Gasteiger partial charge on any atom is 0.298 e. The summed E-state index contributed by atoms with van der Waals surface area (Å²) < 4.78 is 28.2. The van der Waals surface area contributed by atoms with Gasteiger partial charge in [0, 0.05) is 5.92 Å². The predicted octanol–water partition coefficient (Wildman–Crippen LogP) is 0.420. The second kappa shape index (κ2) is 5.20. The van der Waals surface area contributed by atoms with Crippen LogP contribution < -0.4 is 0 Å². The zero-order chi connectivity index (χ0) is 13.8. The number of allylic oxidation sites excluding steroid dienone is 2. The highest BCUT2D eigenvalue weighted by Gasteiger charge is 2.50. The van der Waals surface area contributed by atoms with Gasteiger partial charge < -0.3 is 0 Å². The van der Waals surface area contributed by atoms with Crippen molar-refractivity contribution in [2.24, 2.45) is 15.9 Å². The summed E-state index contributed by atoms with van der Waals surface area (Å²) in [7, 11) is -3.23. The molecule has 0 saturated heterocycles. The van der Waals surface area contributed by atoms with Gasteiger partial charge in [0.2, 0.25) is 17.0 Å². The van der Waals surface area contributed by atoms with Crippen molar-refractivity contribution in [3.05, 3.63) is 23.9 Å². The van der Waals surface area contributed by atoms with Crippen LogP contribution in [-0.4, -0.2) is 32.6 Å². The smallest absolute Gasteiger partial charge is 0.271 e. The molecule has 0 bridgehead atoms. The lowest BCUT2D eigenvalue weighted by Crippen LogP contribution is -2.43. The average Bonchev–Trinajstić information content (AvgIpc) is 2.34. The summed E-state index contributed by atoms with van der Waals surface area (Å²) in [6.07, 6.45) is 6.47. The van der Waals surface area contributed by atoms with Crippen LogP contribution in [0.15, 0.2) is 33.9 Å². The fourth-order valence-electron chi connectivity index (χ4n) is 1.67. The van der Waals surface area contributed by atoms with Gasteiger partial charge in [-0.25, -0.2) is 9.59 Å². The molecule has 2 atom stereocenters. The van der Waals surface area contributed by atoms with E-state index in [1.807, 2.05) is 0 Å².